The minimum Gasteiger partial charge on any atom is -0.380 e. The summed E-state index contributed by atoms with van der Waals surface area (Å²) in [5.74, 6) is 1.20. The number of anilines is 1. The normalized spacial score (nSPS) is 10.6. The fraction of sp³-hybridized carbons (Fsp3) is 0.250. The van der Waals surface area contributed by atoms with Gasteiger partial charge in [-0.15, -0.1) is 0 Å². The van der Waals surface area contributed by atoms with Gasteiger partial charge in [0.1, 0.15) is 5.76 Å². The summed E-state index contributed by atoms with van der Waals surface area (Å²) < 4.78 is 5.21. The highest BCUT2D eigenvalue weighted by atomic mass is 35.5. The van der Waals surface area contributed by atoms with Gasteiger partial charge in [-0.3, -0.25) is 0 Å². The van der Waals surface area contributed by atoms with Gasteiger partial charge in [0.25, 0.3) is 0 Å². The van der Waals surface area contributed by atoms with E-state index in [1.807, 2.05) is 24.3 Å². The van der Waals surface area contributed by atoms with Crippen molar-refractivity contribution in [3.8, 4) is 11.1 Å². The summed E-state index contributed by atoms with van der Waals surface area (Å²) >= 11 is 6.13. The standard InChI is InChI=1S/C12H13ClN2O/c1-2-5-10-11(12(14)15-16-10)8-6-3-4-7-9(8)13/h3-4,6-7H,2,5H2,1H3,(H2,14,15). The molecule has 0 radical (unpaired) electrons. The van der Waals surface area contributed by atoms with Crippen LogP contribution in [-0.2, 0) is 6.42 Å². The predicted octanol–water partition coefficient (Wildman–Crippen LogP) is 3.53. The molecule has 1 aromatic heterocycles. The van der Waals surface area contributed by atoms with E-state index in [1.54, 1.807) is 0 Å². The SMILES string of the molecule is CCCc1onc(N)c1-c1ccccc1Cl. The largest absolute Gasteiger partial charge is 0.380 e. The Morgan fingerprint density at radius 3 is 2.81 bits per heavy atom. The molecule has 0 atom stereocenters. The van der Waals surface area contributed by atoms with Crippen LogP contribution in [-0.4, -0.2) is 5.16 Å². The van der Waals surface area contributed by atoms with Crippen LogP contribution >= 0.6 is 11.6 Å². The Labute approximate surface area is 99.2 Å². The van der Waals surface area contributed by atoms with Gasteiger partial charge < -0.3 is 10.3 Å². The molecule has 0 bridgehead atoms. The second-order valence-corrected chi connectivity index (χ2v) is 4.00. The maximum Gasteiger partial charge on any atom is 0.175 e. The molecule has 0 amide bonds. The Kier molecular flexibility index (Phi) is 3.15. The summed E-state index contributed by atoms with van der Waals surface area (Å²) in [5.41, 5.74) is 7.52. The Bertz CT molecular complexity index is 494. The molecule has 0 unspecified atom stereocenters. The van der Waals surface area contributed by atoms with Gasteiger partial charge in [-0.1, -0.05) is 41.9 Å². The van der Waals surface area contributed by atoms with Gasteiger partial charge in [-0.25, -0.2) is 0 Å². The zero-order valence-electron chi connectivity index (χ0n) is 9.03. The van der Waals surface area contributed by atoms with Crippen molar-refractivity contribution in [1.29, 1.82) is 0 Å². The lowest BCUT2D eigenvalue weighted by atomic mass is 10.0. The first-order valence-electron chi connectivity index (χ1n) is 5.23. The fourth-order valence-corrected chi connectivity index (χ4v) is 1.92. The van der Waals surface area contributed by atoms with E-state index in [9.17, 15) is 0 Å². The molecule has 2 N–H and O–H groups in total. The van der Waals surface area contributed by atoms with E-state index < -0.39 is 0 Å². The molecule has 3 nitrogen and oxygen atoms in total. The first-order chi connectivity index (χ1) is 7.74. The number of nitrogen functional groups attached to an aromatic ring is 1. The second kappa shape index (κ2) is 4.58. The third-order valence-electron chi connectivity index (χ3n) is 2.41. The third-order valence-corrected chi connectivity index (χ3v) is 2.74. The molecule has 2 rings (SSSR count). The molecule has 16 heavy (non-hydrogen) atoms. The minimum atomic E-state index is 0.400. The number of aryl methyl sites for hydroxylation is 1. The van der Waals surface area contributed by atoms with E-state index in [-0.39, 0.29) is 0 Å². The average Bonchev–Trinajstić information content (AvgIpc) is 2.62. The van der Waals surface area contributed by atoms with Gasteiger partial charge in [-0.05, 0) is 12.5 Å². The number of halogens is 1. The minimum absolute atomic E-state index is 0.400. The van der Waals surface area contributed by atoms with Crippen molar-refractivity contribution in [3.05, 3.63) is 35.0 Å². The quantitative estimate of drug-likeness (QED) is 0.887. The van der Waals surface area contributed by atoms with Crippen LogP contribution < -0.4 is 5.73 Å². The number of aromatic nitrogens is 1. The Balaban J connectivity index is 2.54. The van der Waals surface area contributed by atoms with Gasteiger partial charge in [-0.2, -0.15) is 0 Å². The number of hydrogen-bond acceptors (Lipinski definition) is 3. The van der Waals surface area contributed by atoms with Crippen LogP contribution in [0.3, 0.4) is 0 Å². The molecule has 1 aromatic carbocycles. The number of hydrogen-bond donors (Lipinski definition) is 1. The first kappa shape index (κ1) is 11.0. The first-order valence-corrected chi connectivity index (χ1v) is 5.60. The van der Waals surface area contributed by atoms with Crippen molar-refractivity contribution in [3.63, 3.8) is 0 Å². The summed E-state index contributed by atoms with van der Waals surface area (Å²) in [6.45, 7) is 2.08. The van der Waals surface area contributed by atoms with Crippen molar-refractivity contribution in [1.82, 2.24) is 5.16 Å². The average molecular weight is 237 g/mol. The number of nitrogens with zero attached hydrogens (tertiary/aromatic N) is 1. The monoisotopic (exact) mass is 236 g/mol. The molecule has 1 heterocycles. The number of benzene rings is 1. The van der Waals surface area contributed by atoms with E-state index in [0.717, 1.165) is 29.7 Å². The third kappa shape index (κ3) is 1.91. The molecular formula is C12H13ClN2O. The maximum atomic E-state index is 6.13. The Morgan fingerprint density at radius 2 is 2.12 bits per heavy atom. The Morgan fingerprint density at radius 1 is 1.38 bits per heavy atom. The van der Waals surface area contributed by atoms with E-state index in [4.69, 9.17) is 21.9 Å². The van der Waals surface area contributed by atoms with E-state index in [0.29, 0.717) is 10.8 Å². The van der Waals surface area contributed by atoms with Crippen LogP contribution in [0.2, 0.25) is 5.02 Å². The van der Waals surface area contributed by atoms with Crippen molar-refractivity contribution in [2.45, 2.75) is 19.8 Å². The van der Waals surface area contributed by atoms with E-state index >= 15 is 0 Å². The lowest BCUT2D eigenvalue weighted by molar-refractivity contribution is 0.385. The van der Waals surface area contributed by atoms with Crippen LogP contribution in [0.5, 0.6) is 0 Å². The summed E-state index contributed by atoms with van der Waals surface area (Å²) in [6.07, 6.45) is 1.79. The highest BCUT2D eigenvalue weighted by Crippen LogP contribution is 2.34. The summed E-state index contributed by atoms with van der Waals surface area (Å²) in [4.78, 5) is 0. The highest BCUT2D eigenvalue weighted by molar-refractivity contribution is 6.33. The molecule has 0 spiro atoms. The molecule has 0 saturated carbocycles. The van der Waals surface area contributed by atoms with Crippen LogP contribution in [0.1, 0.15) is 19.1 Å². The molecule has 0 saturated heterocycles. The predicted molar refractivity (Wildman–Crippen MR) is 65.4 cm³/mol. The van der Waals surface area contributed by atoms with Crippen molar-refractivity contribution in [2.75, 3.05) is 5.73 Å². The zero-order chi connectivity index (χ0) is 11.5. The second-order valence-electron chi connectivity index (χ2n) is 3.60. The number of nitrogens with two attached hydrogens (primary N) is 1. The van der Waals surface area contributed by atoms with Gasteiger partial charge >= 0.3 is 0 Å². The summed E-state index contributed by atoms with van der Waals surface area (Å²) in [7, 11) is 0. The molecule has 0 aliphatic heterocycles. The van der Waals surface area contributed by atoms with Gasteiger partial charge in [0.05, 0.1) is 5.56 Å². The van der Waals surface area contributed by atoms with Crippen LogP contribution in [0.25, 0.3) is 11.1 Å². The van der Waals surface area contributed by atoms with Crippen LogP contribution in [0.4, 0.5) is 5.82 Å². The van der Waals surface area contributed by atoms with Crippen molar-refractivity contribution < 1.29 is 4.52 Å². The van der Waals surface area contributed by atoms with Gasteiger partial charge in [0, 0.05) is 17.0 Å². The molecule has 2 aromatic rings. The highest BCUT2D eigenvalue weighted by Gasteiger charge is 2.16. The zero-order valence-corrected chi connectivity index (χ0v) is 9.79. The van der Waals surface area contributed by atoms with E-state index in [1.165, 1.54) is 0 Å². The lowest BCUT2D eigenvalue weighted by Crippen LogP contribution is -1.91. The van der Waals surface area contributed by atoms with Crippen molar-refractivity contribution in [2.24, 2.45) is 0 Å². The topological polar surface area (TPSA) is 52.0 Å². The molecule has 0 fully saturated rings. The molecular weight excluding hydrogens is 224 g/mol. The smallest absolute Gasteiger partial charge is 0.175 e. The summed E-state index contributed by atoms with van der Waals surface area (Å²) in [6, 6.07) is 7.56. The van der Waals surface area contributed by atoms with Crippen LogP contribution in [0.15, 0.2) is 28.8 Å². The van der Waals surface area contributed by atoms with E-state index in [2.05, 4.69) is 12.1 Å². The summed E-state index contributed by atoms with van der Waals surface area (Å²) in [5, 5.41) is 4.46. The van der Waals surface area contributed by atoms with Crippen molar-refractivity contribution >= 4 is 17.4 Å². The molecule has 0 aliphatic rings. The molecule has 4 heteroatoms. The van der Waals surface area contributed by atoms with Gasteiger partial charge in [0.15, 0.2) is 5.82 Å². The lowest BCUT2D eigenvalue weighted by Gasteiger charge is -2.03. The number of rotatable bonds is 3. The molecule has 84 valence electrons. The maximum absolute atomic E-state index is 6.13. The fourth-order valence-electron chi connectivity index (χ4n) is 1.69. The molecule has 0 aliphatic carbocycles. The Hall–Kier alpha value is -1.48. The van der Waals surface area contributed by atoms with Crippen LogP contribution in [0, 0.1) is 0 Å². The van der Waals surface area contributed by atoms with Gasteiger partial charge in [0.2, 0.25) is 0 Å².